The zero-order chi connectivity index (χ0) is 17.3. The first-order valence-corrected chi connectivity index (χ1v) is 8.80. The van der Waals surface area contributed by atoms with Crippen molar-refractivity contribution in [1.29, 1.82) is 0 Å². The van der Waals surface area contributed by atoms with E-state index in [2.05, 4.69) is 44.7 Å². The van der Waals surface area contributed by atoms with Gasteiger partial charge in [0.05, 0.1) is 11.9 Å². The minimum atomic E-state index is 0.434. The lowest BCUT2D eigenvalue weighted by Gasteiger charge is -2.09. The van der Waals surface area contributed by atoms with E-state index in [4.69, 9.17) is 4.52 Å². The van der Waals surface area contributed by atoms with E-state index in [1.807, 2.05) is 21.0 Å². The van der Waals surface area contributed by atoms with Crippen LogP contribution < -0.4 is 10.2 Å². The maximum atomic E-state index is 5.26. The third kappa shape index (κ3) is 3.48. The number of nitrogens with zero attached hydrogens (tertiary/aromatic N) is 5. The summed E-state index contributed by atoms with van der Waals surface area (Å²) in [6.07, 6.45) is 1.01. The summed E-state index contributed by atoms with van der Waals surface area (Å²) in [7, 11) is 3.76. The van der Waals surface area contributed by atoms with E-state index >= 15 is 0 Å². The number of fused-ring (bicyclic) bond motifs is 1. The van der Waals surface area contributed by atoms with Crippen molar-refractivity contribution in [2.45, 2.75) is 33.7 Å². The van der Waals surface area contributed by atoms with E-state index in [1.54, 1.807) is 16.2 Å². The highest BCUT2D eigenvalue weighted by molar-refractivity contribution is 7.17. The van der Waals surface area contributed by atoms with Crippen molar-refractivity contribution in [1.82, 2.24) is 20.1 Å². The van der Waals surface area contributed by atoms with E-state index in [1.165, 1.54) is 5.56 Å². The summed E-state index contributed by atoms with van der Waals surface area (Å²) in [5.41, 5.74) is 1.28. The number of thiophene rings is 1. The number of anilines is 2. The van der Waals surface area contributed by atoms with Crippen molar-refractivity contribution in [2.75, 3.05) is 24.3 Å². The van der Waals surface area contributed by atoms with Crippen molar-refractivity contribution in [3.8, 4) is 0 Å². The van der Waals surface area contributed by atoms with Gasteiger partial charge in [0.1, 0.15) is 16.5 Å². The molecule has 3 aromatic heterocycles. The van der Waals surface area contributed by atoms with Crippen LogP contribution in [0.25, 0.3) is 10.2 Å². The number of aryl methyl sites for hydroxylation is 1. The van der Waals surface area contributed by atoms with Gasteiger partial charge in [-0.25, -0.2) is 9.97 Å². The van der Waals surface area contributed by atoms with Crippen LogP contribution in [0.3, 0.4) is 0 Å². The molecule has 0 bridgehead atoms. The summed E-state index contributed by atoms with van der Waals surface area (Å²) >= 11 is 1.66. The molecule has 0 aliphatic rings. The van der Waals surface area contributed by atoms with Crippen molar-refractivity contribution >= 4 is 33.3 Å². The van der Waals surface area contributed by atoms with Crippen LogP contribution in [-0.2, 0) is 13.0 Å². The van der Waals surface area contributed by atoms with Crippen molar-refractivity contribution in [3.05, 3.63) is 22.7 Å². The summed E-state index contributed by atoms with van der Waals surface area (Å²) in [5, 5.41) is 10.5. The van der Waals surface area contributed by atoms with Gasteiger partial charge in [-0.2, -0.15) is 4.98 Å². The molecule has 8 heteroatoms. The van der Waals surface area contributed by atoms with Gasteiger partial charge in [0, 0.05) is 14.1 Å². The molecule has 0 saturated heterocycles. The van der Waals surface area contributed by atoms with Crippen LogP contribution in [0.1, 0.15) is 31.1 Å². The average Bonchev–Trinajstić information content (AvgIpc) is 3.11. The Labute approximate surface area is 145 Å². The molecule has 7 nitrogen and oxygen atoms in total. The molecule has 0 spiro atoms. The Morgan fingerprint density at radius 2 is 2.04 bits per heavy atom. The summed E-state index contributed by atoms with van der Waals surface area (Å²) in [4.78, 5) is 16.3. The summed E-state index contributed by atoms with van der Waals surface area (Å²) in [5.74, 6) is 3.26. The number of hydrogen-bond acceptors (Lipinski definition) is 8. The normalized spacial score (nSPS) is 11.4. The highest BCUT2D eigenvalue weighted by atomic mass is 32.1. The van der Waals surface area contributed by atoms with Gasteiger partial charge in [-0.3, -0.25) is 0 Å². The van der Waals surface area contributed by atoms with E-state index in [0.717, 1.165) is 28.3 Å². The van der Waals surface area contributed by atoms with Crippen molar-refractivity contribution in [3.63, 3.8) is 0 Å². The number of rotatable bonds is 6. The third-order valence-electron chi connectivity index (χ3n) is 3.51. The first kappa shape index (κ1) is 16.6. The highest BCUT2D eigenvalue weighted by Crippen LogP contribution is 2.31. The molecule has 0 aliphatic heterocycles. The van der Waals surface area contributed by atoms with E-state index in [9.17, 15) is 0 Å². The lowest BCUT2D eigenvalue weighted by atomic mass is 10.0. The standard InChI is InChI=1S/C16H22N6OS/c1-9(2)6-11-8-24-15-13(11)14(18-10(3)19-15)17-7-12-20-16(21-23-12)22(4)5/h8-9H,6-7H2,1-5H3,(H,17,18,19). The van der Waals surface area contributed by atoms with E-state index in [0.29, 0.717) is 24.3 Å². The predicted molar refractivity (Wildman–Crippen MR) is 96.6 cm³/mol. The fraction of sp³-hybridized carbons (Fsp3) is 0.500. The monoisotopic (exact) mass is 346 g/mol. The molecule has 0 atom stereocenters. The van der Waals surface area contributed by atoms with Gasteiger partial charge in [-0.1, -0.05) is 13.8 Å². The number of aromatic nitrogens is 4. The molecule has 1 N–H and O–H groups in total. The van der Waals surface area contributed by atoms with Crippen molar-refractivity contribution < 1.29 is 4.52 Å². The second kappa shape index (κ2) is 6.72. The third-order valence-corrected chi connectivity index (χ3v) is 4.44. The number of nitrogens with one attached hydrogen (secondary N) is 1. The van der Waals surface area contributed by atoms with Crippen LogP contribution in [0.4, 0.5) is 11.8 Å². The Bertz CT molecular complexity index is 838. The molecule has 128 valence electrons. The smallest absolute Gasteiger partial charge is 0.265 e. The Kier molecular flexibility index (Phi) is 4.66. The van der Waals surface area contributed by atoms with Crippen LogP contribution in [0.15, 0.2) is 9.90 Å². The largest absolute Gasteiger partial charge is 0.360 e. The minimum absolute atomic E-state index is 0.434. The fourth-order valence-corrected chi connectivity index (χ4v) is 3.48. The molecule has 24 heavy (non-hydrogen) atoms. The molecule has 3 heterocycles. The van der Waals surface area contributed by atoms with Gasteiger partial charge < -0.3 is 14.7 Å². The second-order valence-corrected chi connectivity index (χ2v) is 7.25. The summed E-state index contributed by atoms with van der Waals surface area (Å²) in [6, 6.07) is 0. The Balaban J connectivity index is 1.88. The first-order chi connectivity index (χ1) is 11.4. The zero-order valence-corrected chi connectivity index (χ0v) is 15.4. The van der Waals surface area contributed by atoms with Gasteiger partial charge in [0.2, 0.25) is 5.89 Å². The quantitative estimate of drug-likeness (QED) is 0.733. The Morgan fingerprint density at radius 3 is 2.71 bits per heavy atom. The molecule has 0 unspecified atom stereocenters. The van der Waals surface area contributed by atoms with Gasteiger partial charge in [0.15, 0.2) is 0 Å². The van der Waals surface area contributed by atoms with Gasteiger partial charge in [-0.15, -0.1) is 11.3 Å². The topological polar surface area (TPSA) is 80.0 Å². The molecule has 0 aliphatic carbocycles. The van der Waals surface area contributed by atoms with Crippen molar-refractivity contribution in [2.24, 2.45) is 5.92 Å². The SMILES string of the molecule is Cc1nc(NCc2nc(N(C)C)no2)c2c(CC(C)C)csc2n1. The summed E-state index contributed by atoms with van der Waals surface area (Å²) in [6.45, 7) is 6.77. The van der Waals surface area contributed by atoms with Gasteiger partial charge in [-0.05, 0) is 35.4 Å². The highest BCUT2D eigenvalue weighted by Gasteiger charge is 2.15. The van der Waals surface area contributed by atoms with Crippen LogP contribution >= 0.6 is 11.3 Å². The lowest BCUT2D eigenvalue weighted by molar-refractivity contribution is 0.383. The molecule has 3 rings (SSSR count). The maximum Gasteiger partial charge on any atom is 0.265 e. The number of hydrogen-bond donors (Lipinski definition) is 1. The Morgan fingerprint density at radius 1 is 1.25 bits per heavy atom. The average molecular weight is 346 g/mol. The maximum absolute atomic E-state index is 5.26. The molecule has 0 amide bonds. The predicted octanol–water partition coefficient (Wildman–Crippen LogP) is 3.26. The summed E-state index contributed by atoms with van der Waals surface area (Å²) < 4.78 is 5.26. The fourth-order valence-electron chi connectivity index (χ4n) is 2.48. The van der Waals surface area contributed by atoms with Crippen LogP contribution in [-0.4, -0.2) is 34.2 Å². The molecular weight excluding hydrogens is 324 g/mol. The van der Waals surface area contributed by atoms with Crippen LogP contribution in [0.2, 0.25) is 0 Å². The van der Waals surface area contributed by atoms with E-state index < -0.39 is 0 Å². The molecular formula is C16H22N6OS. The molecule has 3 aromatic rings. The van der Waals surface area contributed by atoms with E-state index in [-0.39, 0.29) is 0 Å². The van der Waals surface area contributed by atoms with Gasteiger partial charge in [0.25, 0.3) is 5.95 Å². The molecule has 0 fully saturated rings. The lowest BCUT2D eigenvalue weighted by Crippen LogP contribution is -2.10. The van der Waals surface area contributed by atoms with Crippen LogP contribution in [0, 0.1) is 12.8 Å². The molecule has 0 saturated carbocycles. The Hall–Kier alpha value is -2.22. The second-order valence-electron chi connectivity index (χ2n) is 6.39. The molecule has 0 aromatic carbocycles. The first-order valence-electron chi connectivity index (χ1n) is 7.92. The minimum Gasteiger partial charge on any atom is -0.360 e. The zero-order valence-electron chi connectivity index (χ0n) is 14.6. The molecule has 0 radical (unpaired) electrons. The van der Waals surface area contributed by atoms with Crippen LogP contribution in [0.5, 0.6) is 0 Å². The van der Waals surface area contributed by atoms with Gasteiger partial charge >= 0.3 is 0 Å².